The molecule has 0 atom stereocenters. The van der Waals surface area contributed by atoms with E-state index in [1.54, 1.807) is 0 Å². The van der Waals surface area contributed by atoms with Crippen molar-refractivity contribution >= 4 is 22.7 Å². The first-order valence-electron chi connectivity index (χ1n) is 11.3. The minimum Gasteiger partial charge on any atom is -0.449 e. The van der Waals surface area contributed by atoms with Crippen molar-refractivity contribution in [2.24, 2.45) is 5.92 Å². The zero-order valence-electron chi connectivity index (χ0n) is 19.2. The number of carbonyl (C=O) groups is 1. The van der Waals surface area contributed by atoms with Crippen molar-refractivity contribution in [3.63, 3.8) is 0 Å². The van der Waals surface area contributed by atoms with Crippen molar-refractivity contribution in [2.45, 2.75) is 40.0 Å². The second-order valence-corrected chi connectivity index (χ2v) is 8.36. The molecule has 7 heteroatoms. The van der Waals surface area contributed by atoms with Crippen LogP contribution in [-0.4, -0.2) is 57.4 Å². The first kappa shape index (κ1) is 23.1. The third kappa shape index (κ3) is 5.79. The molecule has 2 aromatic rings. The van der Waals surface area contributed by atoms with Gasteiger partial charge in [0.15, 0.2) is 0 Å². The first-order chi connectivity index (χ1) is 14.9. The fraction of sp³-hybridized carbons (Fsp3) is 0.583. The average molecular weight is 430 g/mol. The highest BCUT2D eigenvalue weighted by atomic mass is 16.5. The van der Waals surface area contributed by atoms with Crippen LogP contribution in [-0.2, 0) is 11.2 Å². The Kier molecular flexibility index (Phi) is 7.96. The van der Waals surface area contributed by atoms with Crippen molar-refractivity contribution in [3.05, 3.63) is 39.7 Å². The van der Waals surface area contributed by atoms with E-state index >= 15 is 0 Å². The van der Waals surface area contributed by atoms with Crippen molar-refractivity contribution in [1.82, 2.24) is 10.2 Å². The molecule has 0 spiro atoms. The molecule has 1 aliphatic rings. The molecule has 1 aliphatic heterocycles. The molecular formula is C24H35N3O4. The lowest BCUT2D eigenvalue weighted by molar-refractivity contribution is 0.142. The van der Waals surface area contributed by atoms with Gasteiger partial charge in [-0.3, -0.25) is 0 Å². The molecule has 1 aromatic heterocycles. The second-order valence-electron chi connectivity index (χ2n) is 8.36. The number of likely N-dealkylation sites (tertiary alicyclic amines) is 1. The predicted molar refractivity (Wildman–Crippen MR) is 124 cm³/mol. The van der Waals surface area contributed by atoms with Crippen molar-refractivity contribution in [1.29, 1.82) is 0 Å². The fourth-order valence-electron chi connectivity index (χ4n) is 4.25. The molecule has 1 saturated heterocycles. The van der Waals surface area contributed by atoms with E-state index in [0.29, 0.717) is 30.0 Å². The summed E-state index contributed by atoms with van der Waals surface area (Å²) >= 11 is 0. The van der Waals surface area contributed by atoms with Gasteiger partial charge in [-0.2, -0.15) is 0 Å². The summed E-state index contributed by atoms with van der Waals surface area (Å²) < 4.78 is 10.9. The van der Waals surface area contributed by atoms with Crippen LogP contribution in [0.3, 0.4) is 0 Å². The van der Waals surface area contributed by atoms with Crippen LogP contribution in [0.4, 0.5) is 10.5 Å². The first-order valence-corrected chi connectivity index (χ1v) is 11.3. The Morgan fingerprint density at radius 1 is 1.26 bits per heavy atom. The maximum atomic E-state index is 12.6. The summed E-state index contributed by atoms with van der Waals surface area (Å²) in [6, 6.07) is 5.98. The molecule has 7 nitrogen and oxygen atoms in total. The Morgan fingerprint density at radius 3 is 2.65 bits per heavy atom. The zero-order chi connectivity index (χ0) is 22.4. The van der Waals surface area contributed by atoms with E-state index in [1.807, 2.05) is 19.1 Å². The summed E-state index contributed by atoms with van der Waals surface area (Å²) in [7, 11) is 2.12. The Balaban J connectivity index is 1.58. The molecule has 0 aliphatic carbocycles. The van der Waals surface area contributed by atoms with Gasteiger partial charge in [-0.15, -0.1) is 0 Å². The van der Waals surface area contributed by atoms with Crippen molar-refractivity contribution < 1.29 is 13.9 Å². The van der Waals surface area contributed by atoms with Crippen LogP contribution in [0.1, 0.15) is 37.8 Å². The number of rotatable bonds is 8. The highest BCUT2D eigenvalue weighted by Gasteiger charge is 2.18. The standard InChI is InChI=1S/C24H35N3O4/c1-5-27(6-2)19-7-8-20-17(3)21(23(28)31-22(20)15-19)11-14-30-24(29)25-16-18-9-12-26(4)13-10-18/h7-8,15,18H,5-6,9-14,16H2,1-4H3,(H,25,29). The summed E-state index contributed by atoms with van der Waals surface area (Å²) in [6.07, 6.45) is 2.09. The Morgan fingerprint density at radius 2 is 1.97 bits per heavy atom. The third-order valence-electron chi connectivity index (χ3n) is 6.36. The molecule has 1 aromatic carbocycles. The minimum atomic E-state index is -0.425. The Hall–Kier alpha value is -2.54. The smallest absolute Gasteiger partial charge is 0.407 e. The van der Waals surface area contributed by atoms with E-state index in [9.17, 15) is 9.59 Å². The van der Waals surface area contributed by atoms with Gasteiger partial charge in [-0.1, -0.05) is 0 Å². The molecule has 2 heterocycles. The van der Waals surface area contributed by atoms with Gasteiger partial charge < -0.3 is 24.3 Å². The summed E-state index contributed by atoms with van der Waals surface area (Å²) in [5, 5.41) is 3.77. The number of carbonyl (C=O) groups excluding carboxylic acids is 1. The summed E-state index contributed by atoms with van der Waals surface area (Å²) in [5.41, 5.74) is 2.71. The molecule has 31 heavy (non-hydrogen) atoms. The zero-order valence-corrected chi connectivity index (χ0v) is 19.2. The van der Waals surface area contributed by atoms with Gasteiger partial charge >= 0.3 is 11.7 Å². The van der Waals surface area contributed by atoms with Crippen LogP contribution in [0.5, 0.6) is 0 Å². The van der Waals surface area contributed by atoms with Crippen LogP contribution in [0.25, 0.3) is 11.0 Å². The minimum absolute atomic E-state index is 0.147. The molecule has 3 rings (SSSR count). The fourth-order valence-corrected chi connectivity index (χ4v) is 4.25. The van der Waals surface area contributed by atoms with E-state index in [4.69, 9.17) is 9.15 Å². The topological polar surface area (TPSA) is 75.0 Å². The maximum absolute atomic E-state index is 12.6. The number of anilines is 1. The highest BCUT2D eigenvalue weighted by Crippen LogP contribution is 2.25. The molecule has 0 saturated carbocycles. The maximum Gasteiger partial charge on any atom is 0.407 e. The third-order valence-corrected chi connectivity index (χ3v) is 6.36. The van der Waals surface area contributed by atoms with Gasteiger partial charge in [0.1, 0.15) is 5.58 Å². The molecule has 0 radical (unpaired) electrons. The molecular weight excluding hydrogens is 394 g/mol. The van der Waals surface area contributed by atoms with E-state index in [-0.39, 0.29) is 12.2 Å². The normalized spacial score (nSPS) is 15.2. The predicted octanol–water partition coefficient (Wildman–Crippen LogP) is 3.56. The molecule has 0 bridgehead atoms. The van der Waals surface area contributed by atoms with E-state index in [2.05, 4.69) is 42.1 Å². The number of amides is 1. The van der Waals surface area contributed by atoms with Gasteiger partial charge in [0.05, 0.1) is 6.61 Å². The van der Waals surface area contributed by atoms with Crippen molar-refractivity contribution in [2.75, 3.05) is 51.3 Å². The molecule has 1 amide bonds. The number of ether oxygens (including phenoxy) is 1. The van der Waals surface area contributed by atoms with Crippen LogP contribution >= 0.6 is 0 Å². The number of nitrogens with one attached hydrogen (secondary N) is 1. The summed E-state index contributed by atoms with van der Waals surface area (Å²) in [6.45, 7) is 10.8. The molecule has 1 N–H and O–H groups in total. The number of piperidine rings is 1. The summed E-state index contributed by atoms with van der Waals surface area (Å²) in [5.74, 6) is 0.500. The van der Waals surface area contributed by atoms with Gasteiger partial charge in [0.2, 0.25) is 0 Å². The highest BCUT2D eigenvalue weighted by molar-refractivity contribution is 5.84. The van der Waals surface area contributed by atoms with Crippen LogP contribution < -0.4 is 15.8 Å². The lowest BCUT2D eigenvalue weighted by atomic mass is 9.97. The lowest BCUT2D eigenvalue weighted by Crippen LogP contribution is -2.37. The largest absolute Gasteiger partial charge is 0.449 e. The number of nitrogens with zero attached hydrogens (tertiary/aromatic N) is 2. The second kappa shape index (κ2) is 10.7. The summed E-state index contributed by atoms with van der Waals surface area (Å²) in [4.78, 5) is 29.1. The van der Waals surface area contributed by atoms with Gasteiger partial charge in [0, 0.05) is 48.8 Å². The quantitative estimate of drug-likeness (QED) is 0.647. The molecule has 0 unspecified atom stereocenters. The number of aryl methyl sites for hydroxylation is 1. The average Bonchev–Trinajstić information content (AvgIpc) is 2.76. The van der Waals surface area contributed by atoms with Gasteiger partial charge in [-0.05, 0) is 77.4 Å². The molecule has 1 fully saturated rings. The SMILES string of the molecule is CCN(CC)c1ccc2c(C)c(CCOC(=O)NCC3CCN(C)CC3)c(=O)oc2c1. The number of fused-ring (bicyclic) bond motifs is 1. The number of hydrogen-bond donors (Lipinski definition) is 1. The number of benzene rings is 1. The Bertz CT molecular complexity index is 944. The number of hydrogen-bond acceptors (Lipinski definition) is 6. The monoisotopic (exact) mass is 429 g/mol. The van der Waals surface area contributed by atoms with E-state index in [0.717, 1.165) is 55.7 Å². The Labute approximate surface area is 184 Å². The van der Waals surface area contributed by atoms with Gasteiger partial charge in [-0.25, -0.2) is 9.59 Å². The van der Waals surface area contributed by atoms with E-state index in [1.165, 1.54) is 0 Å². The van der Waals surface area contributed by atoms with Crippen LogP contribution in [0.2, 0.25) is 0 Å². The number of alkyl carbamates (subject to hydrolysis) is 1. The van der Waals surface area contributed by atoms with Crippen molar-refractivity contribution in [3.8, 4) is 0 Å². The van der Waals surface area contributed by atoms with E-state index < -0.39 is 6.09 Å². The van der Waals surface area contributed by atoms with Crippen LogP contribution in [0, 0.1) is 12.8 Å². The lowest BCUT2D eigenvalue weighted by Gasteiger charge is -2.28. The van der Waals surface area contributed by atoms with Crippen LogP contribution in [0.15, 0.2) is 27.4 Å². The molecule has 170 valence electrons. The van der Waals surface area contributed by atoms with Gasteiger partial charge in [0.25, 0.3) is 0 Å².